The second-order valence-corrected chi connectivity index (χ2v) is 7.79. The Morgan fingerprint density at radius 1 is 1.22 bits per heavy atom. The molecule has 0 radical (unpaired) electrons. The van der Waals surface area contributed by atoms with Crippen LogP contribution in [0.3, 0.4) is 0 Å². The Balaban J connectivity index is 1.65. The Morgan fingerprint density at radius 2 is 2.11 bits per heavy atom. The van der Waals surface area contributed by atoms with Gasteiger partial charge in [0.1, 0.15) is 6.07 Å². The monoisotopic (exact) mass is 396 g/mol. The van der Waals surface area contributed by atoms with Crippen molar-refractivity contribution in [2.24, 2.45) is 0 Å². The zero-order valence-electron chi connectivity index (χ0n) is 14.6. The highest BCUT2D eigenvalue weighted by atomic mass is 35.5. The van der Waals surface area contributed by atoms with E-state index in [1.54, 1.807) is 12.3 Å². The molecule has 27 heavy (non-hydrogen) atoms. The van der Waals surface area contributed by atoms with E-state index in [1.165, 1.54) is 11.3 Å². The molecule has 7 heteroatoms. The topological polar surface area (TPSA) is 60.2 Å². The van der Waals surface area contributed by atoms with Crippen LogP contribution in [0.1, 0.15) is 21.7 Å². The number of carbonyl (C=O) groups is 1. The Labute approximate surface area is 166 Å². The number of aromatic nitrogens is 1. The molecule has 0 saturated carbocycles. The minimum absolute atomic E-state index is 0.0787. The van der Waals surface area contributed by atoms with Crippen molar-refractivity contribution in [3.63, 3.8) is 0 Å². The van der Waals surface area contributed by atoms with Crippen LogP contribution >= 0.6 is 22.9 Å². The van der Waals surface area contributed by atoms with Crippen molar-refractivity contribution in [1.82, 2.24) is 9.88 Å². The molecule has 0 atom stereocenters. The van der Waals surface area contributed by atoms with Crippen molar-refractivity contribution in [3.05, 3.63) is 57.4 Å². The summed E-state index contributed by atoms with van der Waals surface area (Å²) in [6.07, 6.45) is 2.46. The molecule has 0 N–H and O–H groups in total. The van der Waals surface area contributed by atoms with Crippen LogP contribution in [0.2, 0.25) is 5.02 Å². The molecule has 0 unspecified atom stereocenters. The number of anilines is 1. The number of halogens is 1. The van der Waals surface area contributed by atoms with E-state index < -0.39 is 0 Å². The van der Waals surface area contributed by atoms with Gasteiger partial charge in [0, 0.05) is 42.8 Å². The average molecular weight is 397 g/mol. The van der Waals surface area contributed by atoms with E-state index in [-0.39, 0.29) is 5.91 Å². The molecule has 1 aliphatic rings. The van der Waals surface area contributed by atoms with Gasteiger partial charge in [0.15, 0.2) is 0 Å². The number of fused-ring (bicyclic) bond motifs is 1. The number of thiophene rings is 1. The van der Waals surface area contributed by atoms with E-state index in [0.717, 1.165) is 34.4 Å². The Hall–Kier alpha value is -2.62. The summed E-state index contributed by atoms with van der Waals surface area (Å²) in [7, 11) is 0. The first-order valence-corrected chi connectivity index (χ1v) is 9.99. The normalized spacial score (nSPS) is 14.8. The van der Waals surface area contributed by atoms with Crippen molar-refractivity contribution in [1.29, 1.82) is 5.26 Å². The van der Waals surface area contributed by atoms with Crippen LogP contribution in [0.15, 0.2) is 41.9 Å². The SMILES string of the molecule is N#Cc1cnc2ccc(Cl)cc2c1N1CCCN(C(=O)c2cccs2)CC1. The predicted molar refractivity (Wildman–Crippen MR) is 109 cm³/mol. The molecule has 1 aliphatic heterocycles. The van der Waals surface area contributed by atoms with Gasteiger partial charge in [0.25, 0.3) is 5.91 Å². The van der Waals surface area contributed by atoms with Crippen molar-refractivity contribution >= 4 is 45.4 Å². The first-order chi connectivity index (χ1) is 13.2. The van der Waals surface area contributed by atoms with Gasteiger partial charge in [0.2, 0.25) is 0 Å². The van der Waals surface area contributed by atoms with Gasteiger partial charge in [0.05, 0.1) is 21.6 Å². The number of nitrogens with zero attached hydrogens (tertiary/aromatic N) is 4. The van der Waals surface area contributed by atoms with E-state index in [0.29, 0.717) is 30.2 Å². The number of amides is 1. The van der Waals surface area contributed by atoms with Crippen molar-refractivity contribution in [2.45, 2.75) is 6.42 Å². The molecule has 1 fully saturated rings. The van der Waals surface area contributed by atoms with E-state index >= 15 is 0 Å². The van der Waals surface area contributed by atoms with Gasteiger partial charge in [-0.25, -0.2) is 0 Å². The maximum Gasteiger partial charge on any atom is 0.263 e. The highest BCUT2D eigenvalue weighted by Gasteiger charge is 2.23. The number of hydrogen-bond acceptors (Lipinski definition) is 5. The molecule has 3 aromatic rings. The second-order valence-electron chi connectivity index (χ2n) is 6.40. The maximum absolute atomic E-state index is 12.7. The van der Waals surface area contributed by atoms with Gasteiger partial charge < -0.3 is 9.80 Å². The number of benzene rings is 1. The van der Waals surface area contributed by atoms with Gasteiger partial charge in [-0.05, 0) is 36.1 Å². The first kappa shape index (κ1) is 17.8. The Kier molecular flexibility index (Phi) is 4.97. The van der Waals surface area contributed by atoms with Gasteiger partial charge >= 0.3 is 0 Å². The molecule has 0 bridgehead atoms. The van der Waals surface area contributed by atoms with Crippen LogP contribution in [-0.2, 0) is 0 Å². The highest BCUT2D eigenvalue weighted by Crippen LogP contribution is 2.32. The quantitative estimate of drug-likeness (QED) is 0.652. The zero-order valence-corrected chi connectivity index (χ0v) is 16.1. The number of hydrogen-bond donors (Lipinski definition) is 0. The standard InChI is InChI=1S/C20H17ClN4OS/c21-15-4-5-17-16(11-15)19(14(12-22)13-23-17)24-6-2-7-25(9-8-24)20(26)18-3-1-10-27-18/h1,3-5,10-11,13H,2,6-9H2. The molecule has 0 aliphatic carbocycles. The summed E-state index contributed by atoms with van der Waals surface area (Å²) in [6, 6.07) is 11.5. The van der Waals surface area contributed by atoms with Gasteiger partial charge in [-0.2, -0.15) is 5.26 Å². The lowest BCUT2D eigenvalue weighted by atomic mass is 10.1. The summed E-state index contributed by atoms with van der Waals surface area (Å²) >= 11 is 7.67. The molecule has 3 heterocycles. The zero-order chi connectivity index (χ0) is 18.8. The van der Waals surface area contributed by atoms with E-state index in [4.69, 9.17) is 11.6 Å². The van der Waals surface area contributed by atoms with E-state index in [2.05, 4.69) is 16.0 Å². The molecular formula is C20H17ClN4OS. The third-order valence-corrected chi connectivity index (χ3v) is 5.85. The summed E-state index contributed by atoms with van der Waals surface area (Å²) in [5, 5.41) is 13.0. The highest BCUT2D eigenvalue weighted by molar-refractivity contribution is 7.12. The van der Waals surface area contributed by atoms with E-state index in [9.17, 15) is 10.1 Å². The lowest BCUT2D eigenvalue weighted by Crippen LogP contribution is -2.35. The number of rotatable bonds is 2. The number of carbonyl (C=O) groups excluding carboxylic acids is 1. The van der Waals surface area contributed by atoms with Crippen LogP contribution in [0, 0.1) is 11.3 Å². The summed E-state index contributed by atoms with van der Waals surface area (Å²) in [5.74, 6) is 0.0787. The van der Waals surface area contributed by atoms with Gasteiger partial charge in [-0.3, -0.25) is 9.78 Å². The van der Waals surface area contributed by atoms with Crippen molar-refractivity contribution < 1.29 is 4.79 Å². The maximum atomic E-state index is 12.7. The van der Waals surface area contributed by atoms with Crippen LogP contribution in [0.5, 0.6) is 0 Å². The van der Waals surface area contributed by atoms with Crippen LogP contribution in [0.4, 0.5) is 5.69 Å². The molecule has 136 valence electrons. The molecule has 1 amide bonds. The lowest BCUT2D eigenvalue weighted by molar-refractivity contribution is 0.0772. The predicted octanol–water partition coefficient (Wildman–Crippen LogP) is 4.17. The minimum Gasteiger partial charge on any atom is -0.368 e. The third kappa shape index (κ3) is 3.48. The second kappa shape index (κ2) is 7.55. The Morgan fingerprint density at radius 3 is 2.89 bits per heavy atom. The third-order valence-electron chi connectivity index (χ3n) is 4.75. The molecule has 1 saturated heterocycles. The first-order valence-electron chi connectivity index (χ1n) is 8.73. The van der Waals surface area contributed by atoms with Crippen LogP contribution in [-0.4, -0.2) is 42.0 Å². The summed E-state index contributed by atoms with van der Waals surface area (Å²) in [5.41, 5.74) is 2.20. The van der Waals surface area contributed by atoms with Crippen LogP contribution < -0.4 is 4.90 Å². The summed E-state index contributed by atoms with van der Waals surface area (Å²) < 4.78 is 0. The molecule has 0 spiro atoms. The Bertz CT molecular complexity index is 1030. The minimum atomic E-state index is 0.0787. The van der Waals surface area contributed by atoms with E-state index in [1.807, 2.05) is 34.5 Å². The van der Waals surface area contributed by atoms with Crippen LogP contribution in [0.25, 0.3) is 10.9 Å². The average Bonchev–Trinajstić information content (AvgIpc) is 3.11. The summed E-state index contributed by atoms with van der Waals surface area (Å²) in [6.45, 7) is 2.76. The lowest BCUT2D eigenvalue weighted by Gasteiger charge is -2.25. The van der Waals surface area contributed by atoms with Gasteiger partial charge in [-0.15, -0.1) is 11.3 Å². The fraction of sp³-hybridized carbons (Fsp3) is 0.250. The molecule has 4 rings (SSSR count). The van der Waals surface area contributed by atoms with Crippen molar-refractivity contribution in [2.75, 3.05) is 31.1 Å². The molecule has 1 aromatic carbocycles. The fourth-order valence-electron chi connectivity index (χ4n) is 3.47. The number of nitriles is 1. The van der Waals surface area contributed by atoms with Crippen molar-refractivity contribution in [3.8, 4) is 6.07 Å². The molecule has 5 nitrogen and oxygen atoms in total. The molecule has 2 aromatic heterocycles. The number of pyridine rings is 1. The van der Waals surface area contributed by atoms with Gasteiger partial charge in [-0.1, -0.05) is 17.7 Å². The smallest absolute Gasteiger partial charge is 0.263 e. The fourth-order valence-corrected chi connectivity index (χ4v) is 4.34. The summed E-state index contributed by atoms with van der Waals surface area (Å²) in [4.78, 5) is 21.9. The largest absolute Gasteiger partial charge is 0.368 e. The molecular weight excluding hydrogens is 380 g/mol.